The van der Waals surface area contributed by atoms with Gasteiger partial charge in [0.05, 0.1) is 6.10 Å². The van der Waals surface area contributed by atoms with Crippen LogP contribution in [0.1, 0.15) is 37.7 Å². The Kier molecular flexibility index (Phi) is 3.71. The molecular formula is C15H20FNO2. The highest BCUT2D eigenvalue weighted by atomic mass is 19.1. The lowest BCUT2D eigenvalue weighted by Crippen LogP contribution is -2.25. The molecule has 0 aliphatic heterocycles. The van der Waals surface area contributed by atoms with Gasteiger partial charge in [0.25, 0.3) is 0 Å². The van der Waals surface area contributed by atoms with E-state index in [1.54, 1.807) is 0 Å². The van der Waals surface area contributed by atoms with Gasteiger partial charge in [0.1, 0.15) is 17.7 Å². The quantitative estimate of drug-likeness (QED) is 0.859. The summed E-state index contributed by atoms with van der Waals surface area (Å²) in [5, 5.41) is 13.1. The first-order chi connectivity index (χ1) is 9.20. The zero-order chi connectivity index (χ0) is 13.2. The van der Waals surface area contributed by atoms with E-state index in [-0.39, 0.29) is 11.9 Å². The van der Waals surface area contributed by atoms with Gasteiger partial charge in [0.15, 0.2) is 0 Å². The van der Waals surface area contributed by atoms with E-state index < -0.39 is 6.10 Å². The van der Waals surface area contributed by atoms with E-state index in [2.05, 4.69) is 5.32 Å². The molecule has 2 N–H and O–H groups in total. The molecule has 2 unspecified atom stereocenters. The lowest BCUT2D eigenvalue weighted by molar-refractivity contribution is 0.0601. The van der Waals surface area contributed by atoms with Crippen LogP contribution in [-0.4, -0.2) is 23.4 Å². The molecule has 2 saturated carbocycles. The van der Waals surface area contributed by atoms with Crippen molar-refractivity contribution in [2.45, 2.75) is 56.9 Å². The minimum Gasteiger partial charge on any atom is -0.488 e. The largest absolute Gasteiger partial charge is 0.488 e. The topological polar surface area (TPSA) is 41.5 Å². The Morgan fingerprint density at radius 1 is 1.21 bits per heavy atom. The van der Waals surface area contributed by atoms with E-state index in [1.165, 1.54) is 25.0 Å². The predicted octanol–water partition coefficient (Wildman–Crippen LogP) is 2.37. The van der Waals surface area contributed by atoms with Gasteiger partial charge in [-0.05, 0) is 49.8 Å². The van der Waals surface area contributed by atoms with Crippen LogP contribution in [0.15, 0.2) is 18.2 Å². The second-order valence-corrected chi connectivity index (χ2v) is 5.60. The van der Waals surface area contributed by atoms with E-state index in [4.69, 9.17) is 4.74 Å². The summed E-state index contributed by atoms with van der Waals surface area (Å²) < 4.78 is 19.3. The van der Waals surface area contributed by atoms with Crippen molar-refractivity contribution in [2.24, 2.45) is 0 Å². The third-order valence-electron chi connectivity index (χ3n) is 3.81. The summed E-state index contributed by atoms with van der Waals surface area (Å²) in [6, 6.07) is 5.40. The summed E-state index contributed by atoms with van der Waals surface area (Å²) in [5.41, 5.74) is 0.898. The molecular weight excluding hydrogens is 245 g/mol. The number of aliphatic hydroxyl groups is 1. The Labute approximate surface area is 112 Å². The third-order valence-corrected chi connectivity index (χ3v) is 3.81. The highest BCUT2D eigenvalue weighted by Gasteiger charge is 2.27. The number of benzene rings is 1. The molecule has 0 radical (unpaired) electrons. The van der Waals surface area contributed by atoms with Crippen LogP contribution >= 0.6 is 0 Å². The van der Waals surface area contributed by atoms with Gasteiger partial charge < -0.3 is 15.2 Å². The Hall–Kier alpha value is -1.13. The van der Waals surface area contributed by atoms with Crippen molar-refractivity contribution in [1.82, 2.24) is 5.32 Å². The summed E-state index contributed by atoms with van der Waals surface area (Å²) in [7, 11) is 0. The van der Waals surface area contributed by atoms with E-state index in [0.717, 1.165) is 24.8 Å². The monoisotopic (exact) mass is 265 g/mol. The summed E-state index contributed by atoms with van der Waals surface area (Å²) >= 11 is 0. The number of rotatable bonds is 5. The van der Waals surface area contributed by atoms with Gasteiger partial charge in [-0.1, -0.05) is 0 Å². The molecule has 2 atom stereocenters. The van der Waals surface area contributed by atoms with Crippen LogP contribution < -0.4 is 10.1 Å². The molecule has 0 amide bonds. The number of aliphatic hydroxyl groups excluding tert-OH is 1. The molecule has 1 aromatic rings. The molecule has 0 aromatic heterocycles. The van der Waals surface area contributed by atoms with E-state index in [9.17, 15) is 9.50 Å². The number of halogens is 1. The number of hydrogen-bond donors (Lipinski definition) is 2. The third kappa shape index (κ3) is 3.45. The molecule has 0 saturated heterocycles. The van der Waals surface area contributed by atoms with Gasteiger partial charge in [-0.2, -0.15) is 0 Å². The SMILES string of the molecule is OC1CCCC1Oc1cc(F)cc(CNC2CC2)c1. The Morgan fingerprint density at radius 3 is 2.74 bits per heavy atom. The highest BCUT2D eigenvalue weighted by molar-refractivity contribution is 5.30. The van der Waals surface area contributed by atoms with Gasteiger partial charge in [0.2, 0.25) is 0 Å². The Morgan fingerprint density at radius 2 is 2.05 bits per heavy atom. The van der Waals surface area contributed by atoms with Gasteiger partial charge in [-0.25, -0.2) is 4.39 Å². The van der Waals surface area contributed by atoms with Crippen molar-refractivity contribution in [1.29, 1.82) is 0 Å². The molecule has 3 rings (SSSR count). The molecule has 104 valence electrons. The fourth-order valence-corrected chi connectivity index (χ4v) is 2.56. The Bertz CT molecular complexity index is 448. The maximum atomic E-state index is 13.6. The molecule has 0 bridgehead atoms. The molecule has 2 fully saturated rings. The zero-order valence-corrected chi connectivity index (χ0v) is 10.9. The lowest BCUT2D eigenvalue weighted by atomic mass is 10.2. The van der Waals surface area contributed by atoms with Crippen LogP contribution in [0, 0.1) is 5.82 Å². The molecule has 4 heteroatoms. The molecule has 0 spiro atoms. The number of nitrogens with one attached hydrogen (secondary N) is 1. The van der Waals surface area contributed by atoms with Crippen molar-refractivity contribution in [3.05, 3.63) is 29.6 Å². The van der Waals surface area contributed by atoms with Gasteiger partial charge in [-0.3, -0.25) is 0 Å². The molecule has 3 nitrogen and oxygen atoms in total. The maximum absolute atomic E-state index is 13.6. The van der Waals surface area contributed by atoms with Gasteiger partial charge in [-0.15, -0.1) is 0 Å². The van der Waals surface area contributed by atoms with Crippen molar-refractivity contribution >= 4 is 0 Å². The number of hydrogen-bond acceptors (Lipinski definition) is 3. The van der Waals surface area contributed by atoms with E-state index in [0.29, 0.717) is 18.3 Å². The van der Waals surface area contributed by atoms with Crippen molar-refractivity contribution in [3.63, 3.8) is 0 Å². The maximum Gasteiger partial charge on any atom is 0.127 e. The fraction of sp³-hybridized carbons (Fsp3) is 0.600. The minimum absolute atomic E-state index is 0.189. The second kappa shape index (κ2) is 5.47. The molecule has 0 heterocycles. The van der Waals surface area contributed by atoms with Crippen LogP contribution in [0.3, 0.4) is 0 Å². The van der Waals surface area contributed by atoms with Crippen molar-refractivity contribution in [3.8, 4) is 5.75 Å². The minimum atomic E-state index is -0.420. The normalized spacial score (nSPS) is 26.6. The van der Waals surface area contributed by atoms with Gasteiger partial charge >= 0.3 is 0 Å². The Balaban J connectivity index is 1.65. The zero-order valence-electron chi connectivity index (χ0n) is 10.9. The molecule has 19 heavy (non-hydrogen) atoms. The van der Waals surface area contributed by atoms with Crippen molar-refractivity contribution < 1.29 is 14.2 Å². The van der Waals surface area contributed by atoms with E-state index >= 15 is 0 Å². The summed E-state index contributed by atoms with van der Waals surface area (Å²) in [4.78, 5) is 0. The summed E-state index contributed by atoms with van der Waals surface area (Å²) in [6.07, 6.45) is 4.41. The first kappa shape index (κ1) is 12.9. The highest BCUT2D eigenvalue weighted by Crippen LogP contribution is 2.26. The average molecular weight is 265 g/mol. The second-order valence-electron chi connectivity index (χ2n) is 5.60. The van der Waals surface area contributed by atoms with Gasteiger partial charge in [0, 0.05) is 18.7 Å². The predicted molar refractivity (Wildman–Crippen MR) is 70.5 cm³/mol. The molecule has 1 aromatic carbocycles. The standard InChI is InChI=1S/C15H20FNO2/c16-11-6-10(9-17-12-4-5-12)7-13(8-11)19-15-3-1-2-14(15)18/h6-8,12,14-15,17-18H,1-5,9H2. The van der Waals surface area contributed by atoms with E-state index in [1.807, 2.05) is 6.07 Å². The van der Waals surface area contributed by atoms with Crippen LogP contribution in [0.25, 0.3) is 0 Å². The average Bonchev–Trinajstić information content (AvgIpc) is 3.11. The molecule has 2 aliphatic rings. The first-order valence-corrected chi connectivity index (χ1v) is 7.08. The van der Waals surface area contributed by atoms with Crippen LogP contribution in [-0.2, 0) is 6.54 Å². The van der Waals surface area contributed by atoms with Crippen molar-refractivity contribution in [2.75, 3.05) is 0 Å². The van der Waals surface area contributed by atoms with Crippen LogP contribution in [0.5, 0.6) is 5.75 Å². The fourth-order valence-electron chi connectivity index (χ4n) is 2.56. The number of ether oxygens (including phenoxy) is 1. The van der Waals surface area contributed by atoms with Crippen LogP contribution in [0.4, 0.5) is 4.39 Å². The summed E-state index contributed by atoms with van der Waals surface area (Å²) in [5.74, 6) is 0.246. The first-order valence-electron chi connectivity index (χ1n) is 7.08. The van der Waals surface area contributed by atoms with Crippen LogP contribution in [0.2, 0.25) is 0 Å². The summed E-state index contributed by atoms with van der Waals surface area (Å²) in [6.45, 7) is 0.673. The molecule has 2 aliphatic carbocycles. The smallest absolute Gasteiger partial charge is 0.127 e. The lowest BCUT2D eigenvalue weighted by Gasteiger charge is -2.18.